The van der Waals surface area contributed by atoms with Gasteiger partial charge in [0.2, 0.25) is 0 Å². The van der Waals surface area contributed by atoms with Crippen LogP contribution in [0.15, 0.2) is 186 Å². The highest BCUT2D eigenvalue weighted by Gasteiger charge is 2.41. The third-order valence-electron chi connectivity index (χ3n) is 11.3. The number of thiophene rings is 1. The molecule has 0 atom stereocenters. The van der Waals surface area contributed by atoms with Crippen molar-refractivity contribution in [2.75, 3.05) is 4.90 Å². The summed E-state index contributed by atoms with van der Waals surface area (Å²) in [6.07, 6.45) is 0. The van der Waals surface area contributed by atoms with E-state index in [0.29, 0.717) is 0 Å². The molecule has 2 aromatic heterocycles. The Balaban J connectivity index is 1.02. The second-order valence-electron chi connectivity index (χ2n) is 14.2. The number of hydrogen-bond donors (Lipinski definition) is 0. The van der Waals surface area contributed by atoms with Gasteiger partial charge in [-0.1, -0.05) is 121 Å². The maximum absolute atomic E-state index is 6.56. The second-order valence-corrected chi connectivity index (χ2v) is 15.3. The second kappa shape index (κ2) is 11.5. The van der Waals surface area contributed by atoms with Gasteiger partial charge in [-0.15, -0.1) is 11.3 Å². The number of furan rings is 1. The molecule has 250 valence electrons. The van der Waals surface area contributed by atoms with Crippen molar-refractivity contribution in [1.29, 1.82) is 0 Å². The van der Waals surface area contributed by atoms with Crippen molar-refractivity contribution < 1.29 is 4.42 Å². The first-order valence-corrected chi connectivity index (χ1v) is 19.0. The smallest absolute Gasteiger partial charge is 0.135 e. The summed E-state index contributed by atoms with van der Waals surface area (Å²) in [4.78, 5) is 2.35. The van der Waals surface area contributed by atoms with E-state index in [1.807, 2.05) is 11.3 Å². The predicted octanol–water partition coefficient (Wildman–Crippen LogP) is 14.4. The average molecular weight is 696 g/mol. The first kappa shape index (κ1) is 30.2. The van der Waals surface area contributed by atoms with E-state index in [4.69, 9.17) is 4.42 Å². The molecule has 1 aliphatic carbocycles. The molecule has 0 spiro atoms. The molecule has 53 heavy (non-hydrogen) atoms. The van der Waals surface area contributed by atoms with Crippen LogP contribution in [0.25, 0.3) is 64.4 Å². The van der Waals surface area contributed by atoms with Crippen LogP contribution < -0.4 is 4.90 Å². The molecule has 0 N–H and O–H groups in total. The first-order valence-electron chi connectivity index (χ1n) is 18.2. The van der Waals surface area contributed by atoms with Crippen molar-refractivity contribution >= 4 is 70.5 Å². The number of nitrogens with zero attached hydrogens (tertiary/aromatic N) is 1. The fourth-order valence-electron chi connectivity index (χ4n) is 8.85. The lowest BCUT2D eigenvalue weighted by Crippen LogP contribution is -2.22. The minimum atomic E-state index is -0.319. The largest absolute Gasteiger partial charge is 0.456 e. The van der Waals surface area contributed by atoms with Crippen LogP contribution in [0.4, 0.5) is 17.1 Å². The minimum absolute atomic E-state index is 0.319. The molecule has 0 bridgehead atoms. The van der Waals surface area contributed by atoms with Gasteiger partial charge < -0.3 is 9.32 Å². The molecule has 3 heteroatoms. The Morgan fingerprint density at radius 1 is 0.434 bits per heavy atom. The number of para-hydroxylation sites is 1. The summed E-state index contributed by atoms with van der Waals surface area (Å²) in [7, 11) is 0. The van der Waals surface area contributed by atoms with Crippen LogP contribution in [-0.4, -0.2) is 0 Å². The standard InChI is InChI=1S/C50H33NOS/c1-50(42-17-8-5-14-37(42)38-15-6-9-18-43(38)50)44-19-11-20-46-49(44)41-30-33(24-29-45(41)52-46)32-22-25-35(26-23-32)51(34-12-3-2-4-13-34)36-27-28-40-39-16-7-10-21-47(39)53-48(40)31-36/h2-31H,1H3. The lowest BCUT2D eigenvalue weighted by atomic mass is 9.73. The molecule has 0 unspecified atom stereocenters. The summed E-state index contributed by atoms with van der Waals surface area (Å²) in [5.74, 6) is 0. The summed E-state index contributed by atoms with van der Waals surface area (Å²) in [5.41, 5.74) is 13.8. The SMILES string of the molecule is CC1(c2cccc3oc4ccc(-c5ccc(N(c6ccccc6)c6ccc7c(c6)sc6ccccc67)cc5)cc4c23)c2ccccc2-c2ccccc21. The highest BCUT2D eigenvalue weighted by Crippen LogP contribution is 2.54. The molecule has 10 aromatic rings. The molecule has 1 aliphatic rings. The Kier molecular flexibility index (Phi) is 6.58. The molecule has 11 rings (SSSR count). The van der Waals surface area contributed by atoms with Gasteiger partial charge in [-0.3, -0.25) is 0 Å². The van der Waals surface area contributed by atoms with E-state index in [-0.39, 0.29) is 5.41 Å². The zero-order valence-electron chi connectivity index (χ0n) is 29.1. The molecule has 2 nitrogen and oxygen atoms in total. The maximum atomic E-state index is 6.56. The van der Waals surface area contributed by atoms with E-state index in [1.54, 1.807) is 0 Å². The maximum Gasteiger partial charge on any atom is 0.135 e. The molecular weight excluding hydrogens is 663 g/mol. The fourth-order valence-corrected chi connectivity index (χ4v) is 9.99. The van der Waals surface area contributed by atoms with Crippen LogP contribution >= 0.6 is 11.3 Å². The van der Waals surface area contributed by atoms with E-state index < -0.39 is 0 Å². The highest BCUT2D eigenvalue weighted by molar-refractivity contribution is 7.25. The van der Waals surface area contributed by atoms with Crippen LogP contribution in [0.3, 0.4) is 0 Å². The Morgan fingerprint density at radius 2 is 1.06 bits per heavy atom. The molecule has 0 radical (unpaired) electrons. The van der Waals surface area contributed by atoms with Crippen LogP contribution in [0, 0.1) is 0 Å². The molecule has 0 saturated carbocycles. The van der Waals surface area contributed by atoms with Crippen LogP contribution in [0.1, 0.15) is 23.6 Å². The summed E-state index contributed by atoms with van der Waals surface area (Å²) in [5, 5.41) is 4.94. The Morgan fingerprint density at radius 3 is 1.85 bits per heavy atom. The van der Waals surface area contributed by atoms with Gasteiger partial charge in [0, 0.05) is 53.4 Å². The van der Waals surface area contributed by atoms with Gasteiger partial charge in [0.1, 0.15) is 11.2 Å². The van der Waals surface area contributed by atoms with E-state index in [0.717, 1.165) is 39.2 Å². The lowest BCUT2D eigenvalue weighted by Gasteiger charge is -2.29. The third-order valence-corrected chi connectivity index (χ3v) is 12.5. The highest BCUT2D eigenvalue weighted by atomic mass is 32.1. The van der Waals surface area contributed by atoms with E-state index in [9.17, 15) is 0 Å². The Labute approximate surface area is 311 Å². The van der Waals surface area contributed by atoms with Gasteiger partial charge in [-0.2, -0.15) is 0 Å². The van der Waals surface area contributed by atoms with Gasteiger partial charge in [-0.25, -0.2) is 0 Å². The molecule has 0 fully saturated rings. The number of fused-ring (bicyclic) bond motifs is 9. The van der Waals surface area contributed by atoms with Gasteiger partial charge in [0.05, 0.1) is 0 Å². The molecular formula is C50H33NOS. The quantitative estimate of drug-likeness (QED) is 0.178. The van der Waals surface area contributed by atoms with Crippen molar-refractivity contribution in [3.05, 3.63) is 199 Å². The molecule has 0 saturated heterocycles. The summed E-state index contributed by atoms with van der Waals surface area (Å²) >= 11 is 1.85. The molecule has 2 heterocycles. The Hall–Kier alpha value is -6.42. The minimum Gasteiger partial charge on any atom is -0.456 e. The van der Waals surface area contributed by atoms with Crippen LogP contribution in [0.5, 0.6) is 0 Å². The van der Waals surface area contributed by atoms with E-state index >= 15 is 0 Å². The van der Waals surface area contributed by atoms with Gasteiger partial charge >= 0.3 is 0 Å². The molecule has 0 aliphatic heterocycles. The van der Waals surface area contributed by atoms with Crippen LogP contribution in [-0.2, 0) is 5.41 Å². The topological polar surface area (TPSA) is 16.4 Å². The van der Waals surface area contributed by atoms with Gasteiger partial charge in [0.15, 0.2) is 0 Å². The molecule has 0 amide bonds. The zero-order valence-corrected chi connectivity index (χ0v) is 29.9. The van der Waals surface area contributed by atoms with Gasteiger partial charge in [-0.05, 0) is 107 Å². The van der Waals surface area contributed by atoms with Crippen molar-refractivity contribution in [2.24, 2.45) is 0 Å². The average Bonchev–Trinajstić information content (AvgIpc) is 3.87. The van der Waals surface area contributed by atoms with Crippen molar-refractivity contribution in [3.8, 4) is 22.3 Å². The predicted molar refractivity (Wildman–Crippen MR) is 224 cm³/mol. The number of benzene rings is 8. The fraction of sp³-hybridized carbons (Fsp3) is 0.0400. The Bertz CT molecular complexity index is 2980. The summed E-state index contributed by atoms with van der Waals surface area (Å²) in [6, 6.07) is 66.1. The monoisotopic (exact) mass is 695 g/mol. The van der Waals surface area contributed by atoms with E-state index in [1.165, 1.54) is 58.9 Å². The summed E-state index contributed by atoms with van der Waals surface area (Å²) < 4.78 is 9.16. The van der Waals surface area contributed by atoms with Gasteiger partial charge in [0.25, 0.3) is 0 Å². The zero-order chi connectivity index (χ0) is 35.1. The van der Waals surface area contributed by atoms with Crippen molar-refractivity contribution in [1.82, 2.24) is 0 Å². The van der Waals surface area contributed by atoms with Crippen molar-refractivity contribution in [2.45, 2.75) is 12.3 Å². The lowest BCUT2D eigenvalue weighted by molar-refractivity contribution is 0.666. The van der Waals surface area contributed by atoms with E-state index in [2.05, 4.69) is 194 Å². The number of anilines is 3. The van der Waals surface area contributed by atoms with Crippen molar-refractivity contribution in [3.63, 3.8) is 0 Å². The third kappa shape index (κ3) is 4.51. The number of rotatable bonds is 5. The number of hydrogen-bond acceptors (Lipinski definition) is 3. The normalized spacial score (nSPS) is 13.2. The molecule has 8 aromatic carbocycles. The summed E-state index contributed by atoms with van der Waals surface area (Å²) in [6.45, 7) is 2.38. The first-order chi connectivity index (χ1) is 26.1. The van der Waals surface area contributed by atoms with Crippen LogP contribution in [0.2, 0.25) is 0 Å².